The zero-order chi connectivity index (χ0) is 19.8. The first kappa shape index (κ1) is 21.2. The standard InChI is InChI=1S/C21H33N3O3/c1-5-18-6-8-19(9-7-18)17(4)22-20(25)14-23-10-12-24(13-11-23)21(26)27-15-16(2)3/h6-9,16-17H,5,10-15H2,1-4H3,(H,22,25). The number of carbonyl (C=O) groups is 2. The average Bonchev–Trinajstić information content (AvgIpc) is 2.66. The smallest absolute Gasteiger partial charge is 0.409 e. The molecule has 1 heterocycles. The minimum absolute atomic E-state index is 0.0119. The molecule has 1 aliphatic heterocycles. The Morgan fingerprint density at radius 3 is 2.26 bits per heavy atom. The normalized spacial score (nSPS) is 16.3. The van der Waals surface area contributed by atoms with Gasteiger partial charge < -0.3 is 15.0 Å². The van der Waals surface area contributed by atoms with Crippen LogP contribution in [0.5, 0.6) is 0 Å². The Bertz CT molecular complexity index is 608. The number of carbonyl (C=O) groups excluding carboxylic acids is 2. The molecule has 0 aliphatic carbocycles. The maximum atomic E-state index is 12.4. The van der Waals surface area contributed by atoms with Crippen molar-refractivity contribution in [2.45, 2.75) is 40.2 Å². The molecule has 1 unspecified atom stereocenters. The third kappa shape index (κ3) is 6.86. The van der Waals surface area contributed by atoms with Crippen LogP contribution < -0.4 is 5.32 Å². The van der Waals surface area contributed by atoms with Gasteiger partial charge in [-0.15, -0.1) is 0 Å². The monoisotopic (exact) mass is 375 g/mol. The Labute approximate surface area is 162 Å². The van der Waals surface area contributed by atoms with Crippen molar-refractivity contribution in [3.63, 3.8) is 0 Å². The Balaban J connectivity index is 1.72. The van der Waals surface area contributed by atoms with E-state index in [-0.39, 0.29) is 18.0 Å². The molecule has 6 heteroatoms. The zero-order valence-corrected chi connectivity index (χ0v) is 17.0. The van der Waals surface area contributed by atoms with E-state index in [0.29, 0.717) is 45.2 Å². The molecule has 0 aromatic heterocycles. The van der Waals surface area contributed by atoms with Crippen LogP contribution in [-0.4, -0.2) is 61.1 Å². The predicted octanol–water partition coefficient (Wildman–Crippen LogP) is 2.84. The van der Waals surface area contributed by atoms with Gasteiger partial charge in [0.25, 0.3) is 0 Å². The van der Waals surface area contributed by atoms with E-state index in [1.807, 2.05) is 20.8 Å². The lowest BCUT2D eigenvalue weighted by atomic mass is 10.1. The van der Waals surface area contributed by atoms with E-state index >= 15 is 0 Å². The summed E-state index contributed by atoms with van der Waals surface area (Å²) in [6.45, 7) is 11.5. The molecule has 0 spiro atoms. The Kier molecular flexibility index (Phi) is 8.10. The van der Waals surface area contributed by atoms with Gasteiger partial charge in [-0.1, -0.05) is 45.0 Å². The number of benzene rings is 1. The summed E-state index contributed by atoms with van der Waals surface area (Å²) in [4.78, 5) is 28.1. The molecule has 0 radical (unpaired) electrons. The molecule has 1 fully saturated rings. The fourth-order valence-corrected chi connectivity index (χ4v) is 3.03. The van der Waals surface area contributed by atoms with Gasteiger partial charge >= 0.3 is 6.09 Å². The van der Waals surface area contributed by atoms with Crippen LogP contribution in [0.25, 0.3) is 0 Å². The van der Waals surface area contributed by atoms with Crippen LogP contribution in [0.15, 0.2) is 24.3 Å². The van der Waals surface area contributed by atoms with Gasteiger partial charge in [-0.3, -0.25) is 9.69 Å². The van der Waals surface area contributed by atoms with Crippen LogP contribution in [-0.2, 0) is 16.0 Å². The van der Waals surface area contributed by atoms with Crippen LogP contribution in [0.1, 0.15) is 44.9 Å². The Hall–Kier alpha value is -2.08. The molecule has 1 N–H and O–H groups in total. The highest BCUT2D eigenvalue weighted by Crippen LogP contribution is 2.14. The predicted molar refractivity (Wildman–Crippen MR) is 107 cm³/mol. The number of hydrogen-bond donors (Lipinski definition) is 1. The first-order chi connectivity index (χ1) is 12.9. The highest BCUT2D eigenvalue weighted by molar-refractivity contribution is 5.78. The van der Waals surface area contributed by atoms with E-state index in [1.165, 1.54) is 5.56 Å². The topological polar surface area (TPSA) is 61.9 Å². The SMILES string of the molecule is CCc1ccc(C(C)NC(=O)CN2CCN(C(=O)OCC(C)C)CC2)cc1. The second-order valence-electron chi connectivity index (χ2n) is 7.62. The van der Waals surface area contributed by atoms with Crippen LogP contribution in [0.3, 0.4) is 0 Å². The lowest BCUT2D eigenvalue weighted by molar-refractivity contribution is -0.123. The molecule has 1 aromatic rings. The third-order valence-corrected chi connectivity index (χ3v) is 4.80. The number of hydrogen-bond acceptors (Lipinski definition) is 4. The highest BCUT2D eigenvalue weighted by atomic mass is 16.6. The van der Waals surface area contributed by atoms with Gasteiger partial charge in [-0.2, -0.15) is 0 Å². The third-order valence-electron chi connectivity index (χ3n) is 4.80. The summed E-state index contributed by atoms with van der Waals surface area (Å²) in [6.07, 6.45) is 0.759. The minimum Gasteiger partial charge on any atom is -0.449 e. The number of amides is 2. The summed E-state index contributed by atoms with van der Waals surface area (Å²) in [7, 11) is 0. The van der Waals surface area contributed by atoms with Gasteiger partial charge in [-0.05, 0) is 30.4 Å². The van der Waals surface area contributed by atoms with Crippen molar-refractivity contribution in [1.29, 1.82) is 0 Å². The van der Waals surface area contributed by atoms with E-state index in [2.05, 4.69) is 41.4 Å². The zero-order valence-electron chi connectivity index (χ0n) is 17.0. The maximum Gasteiger partial charge on any atom is 0.409 e. The summed E-state index contributed by atoms with van der Waals surface area (Å²) in [5.74, 6) is 0.344. The second kappa shape index (κ2) is 10.3. The second-order valence-corrected chi connectivity index (χ2v) is 7.62. The fraction of sp³-hybridized carbons (Fsp3) is 0.619. The molecule has 1 aliphatic rings. The number of nitrogens with one attached hydrogen (secondary N) is 1. The summed E-state index contributed by atoms with van der Waals surface area (Å²) in [5.41, 5.74) is 2.40. The quantitative estimate of drug-likeness (QED) is 0.796. The van der Waals surface area contributed by atoms with E-state index in [9.17, 15) is 9.59 Å². The molecule has 27 heavy (non-hydrogen) atoms. The molecule has 2 amide bonds. The first-order valence-electron chi connectivity index (χ1n) is 9.91. The van der Waals surface area contributed by atoms with Crippen molar-refractivity contribution >= 4 is 12.0 Å². The summed E-state index contributed by atoms with van der Waals surface area (Å²) in [5, 5.41) is 3.06. The lowest BCUT2D eigenvalue weighted by Crippen LogP contribution is -2.51. The van der Waals surface area contributed by atoms with Gasteiger partial charge in [0.15, 0.2) is 0 Å². The molecular weight excluding hydrogens is 342 g/mol. The molecule has 0 bridgehead atoms. The van der Waals surface area contributed by atoms with Gasteiger partial charge in [0.2, 0.25) is 5.91 Å². The molecule has 1 aromatic carbocycles. The van der Waals surface area contributed by atoms with Crippen LogP contribution >= 0.6 is 0 Å². The molecule has 6 nitrogen and oxygen atoms in total. The van der Waals surface area contributed by atoms with Crippen molar-refractivity contribution in [2.75, 3.05) is 39.3 Å². The summed E-state index contributed by atoms with van der Waals surface area (Å²) >= 11 is 0. The first-order valence-corrected chi connectivity index (χ1v) is 9.91. The van der Waals surface area contributed by atoms with Crippen molar-refractivity contribution in [3.8, 4) is 0 Å². The van der Waals surface area contributed by atoms with E-state index in [0.717, 1.165) is 12.0 Å². The van der Waals surface area contributed by atoms with Crippen molar-refractivity contribution in [2.24, 2.45) is 5.92 Å². The maximum absolute atomic E-state index is 12.4. The van der Waals surface area contributed by atoms with Gasteiger partial charge in [0, 0.05) is 26.2 Å². The number of aryl methyl sites for hydroxylation is 1. The number of rotatable bonds is 7. The van der Waals surface area contributed by atoms with Crippen molar-refractivity contribution < 1.29 is 14.3 Å². The van der Waals surface area contributed by atoms with Crippen LogP contribution in [0.4, 0.5) is 4.79 Å². The Morgan fingerprint density at radius 1 is 1.07 bits per heavy atom. The van der Waals surface area contributed by atoms with Crippen LogP contribution in [0, 0.1) is 5.92 Å². The fourth-order valence-electron chi connectivity index (χ4n) is 3.03. The van der Waals surface area contributed by atoms with Crippen molar-refractivity contribution in [3.05, 3.63) is 35.4 Å². The highest BCUT2D eigenvalue weighted by Gasteiger charge is 2.24. The number of ether oxygens (including phenoxy) is 1. The summed E-state index contributed by atoms with van der Waals surface area (Å²) < 4.78 is 5.27. The minimum atomic E-state index is -0.253. The summed E-state index contributed by atoms with van der Waals surface area (Å²) in [6, 6.07) is 8.35. The van der Waals surface area contributed by atoms with Crippen molar-refractivity contribution in [1.82, 2.24) is 15.1 Å². The number of nitrogens with zero attached hydrogens (tertiary/aromatic N) is 2. The lowest BCUT2D eigenvalue weighted by Gasteiger charge is -2.34. The molecule has 2 rings (SSSR count). The van der Waals surface area contributed by atoms with Gasteiger partial charge in [0.05, 0.1) is 19.2 Å². The van der Waals surface area contributed by atoms with Gasteiger partial charge in [-0.25, -0.2) is 4.79 Å². The van der Waals surface area contributed by atoms with E-state index < -0.39 is 0 Å². The molecule has 1 saturated heterocycles. The molecule has 150 valence electrons. The number of piperazine rings is 1. The average molecular weight is 376 g/mol. The van der Waals surface area contributed by atoms with E-state index in [1.54, 1.807) is 4.90 Å². The van der Waals surface area contributed by atoms with Gasteiger partial charge in [0.1, 0.15) is 0 Å². The van der Waals surface area contributed by atoms with E-state index in [4.69, 9.17) is 4.74 Å². The molecule has 1 atom stereocenters. The molecule has 0 saturated carbocycles. The van der Waals surface area contributed by atoms with Crippen LogP contribution in [0.2, 0.25) is 0 Å². The molecular formula is C21H33N3O3. The Morgan fingerprint density at radius 2 is 1.70 bits per heavy atom. The largest absolute Gasteiger partial charge is 0.449 e.